The largest absolute Gasteiger partial charge is 0.573 e. The Morgan fingerprint density at radius 1 is 1.22 bits per heavy atom. The van der Waals surface area contributed by atoms with Crippen molar-refractivity contribution in [2.75, 3.05) is 0 Å². The highest BCUT2D eigenvalue weighted by molar-refractivity contribution is 5.27. The molecule has 1 aromatic rings. The molecule has 1 aliphatic rings. The minimum absolute atomic E-state index is 0.183. The van der Waals surface area contributed by atoms with Gasteiger partial charge in [0, 0.05) is 6.04 Å². The van der Waals surface area contributed by atoms with Gasteiger partial charge in [0.05, 0.1) is 0 Å². The van der Waals surface area contributed by atoms with E-state index in [0.29, 0.717) is 5.92 Å². The second kappa shape index (κ2) is 5.18. The van der Waals surface area contributed by atoms with Crippen molar-refractivity contribution in [2.24, 2.45) is 11.7 Å². The first-order chi connectivity index (χ1) is 8.44. The van der Waals surface area contributed by atoms with Crippen molar-refractivity contribution in [2.45, 2.75) is 38.1 Å². The van der Waals surface area contributed by atoms with Crippen molar-refractivity contribution in [1.29, 1.82) is 0 Å². The van der Waals surface area contributed by atoms with Gasteiger partial charge in [0.1, 0.15) is 5.75 Å². The van der Waals surface area contributed by atoms with Gasteiger partial charge in [-0.25, -0.2) is 0 Å². The van der Waals surface area contributed by atoms with Gasteiger partial charge in [-0.1, -0.05) is 12.1 Å². The first-order valence-corrected chi connectivity index (χ1v) is 6.04. The van der Waals surface area contributed by atoms with Crippen LogP contribution in [0.15, 0.2) is 24.3 Å². The molecular weight excluding hydrogens is 243 g/mol. The smallest absolute Gasteiger partial charge is 0.406 e. The predicted molar refractivity (Wildman–Crippen MR) is 62.1 cm³/mol. The number of ether oxygens (including phenoxy) is 1. The molecule has 1 saturated carbocycles. The molecule has 0 saturated heterocycles. The highest BCUT2D eigenvalue weighted by atomic mass is 19.4. The second-order valence-corrected chi connectivity index (χ2v) is 4.73. The highest BCUT2D eigenvalue weighted by Crippen LogP contribution is 2.33. The lowest BCUT2D eigenvalue weighted by molar-refractivity contribution is -0.274. The zero-order valence-corrected chi connectivity index (χ0v) is 9.91. The van der Waals surface area contributed by atoms with E-state index in [0.717, 1.165) is 18.4 Å². The van der Waals surface area contributed by atoms with Gasteiger partial charge >= 0.3 is 6.36 Å². The molecule has 2 nitrogen and oxygen atoms in total. The molecular formula is C13H16F3NO. The predicted octanol–water partition coefficient (Wildman–Crippen LogP) is 3.26. The van der Waals surface area contributed by atoms with E-state index in [4.69, 9.17) is 5.73 Å². The van der Waals surface area contributed by atoms with E-state index in [1.54, 1.807) is 12.1 Å². The average molecular weight is 259 g/mol. The lowest BCUT2D eigenvalue weighted by Crippen LogP contribution is -2.22. The van der Waals surface area contributed by atoms with Crippen molar-refractivity contribution in [3.63, 3.8) is 0 Å². The summed E-state index contributed by atoms with van der Waals surface area (Å²) in [5.41, 5.74) is 6.95. The molecule has 1 fully saturated rings. The zero-order chi connectivity index (χ0) is 13.2. The van der Waals surface area contributed by atoms with Gasteiger partial charge in [0.15, 0.2) is 0 Å². The first-order valence-electron chi connectivity index (χ1n) is 6.04. The normalized spacial score (nSPS) is 17.6. The van der Waals surface area contributed by atoms with E-state index < -0.39 is 6.36 Å². The number of aryl methyl sites for hydroxylation is 1. The third kappa shape index (κ3) is 4.22. The SMILES string of the molecule is NC(CCc1ccc(OC(F)(F)F)cc1)C1CC1. The standard InChI is InChI=1S/C13H16F3NO/c14-13(15,16)18-11-6-1-9(2-7-11)3-8-12(17)10-4-5-10/h1-2,6-7,10,12H,3-5,8,17H2. The number of hydrogen-bond donors (Lipinski definition) is 1. The summed E-state index contributed by atoms with van der Waals surface area (Å²) in [4.78, 5) is 0. The van der Waals surface area contributed by atoms with Crippen molar-refractivity contribution < 1.29 is 17.9 Å². The molecule has 0 aliphatic heterocycles. The summed E-state index contributed by atoms with van der Waals surface area (Å²) in [5, 5.41) is 0. The molecule has 1 atom stereocenters. The molecule has 0 aromatic heterocycles. The van der Waals surface area contributed by atoms with Gasteiger partial charge in [-0.3, -0.25) is 0 Å². The monoisotopic (exact) mass is 259 g/mol. The second-order valence-electron chi connectivity index (χ2n) is 4.73. The van der Waals surface area contributed by atoms with E-state index in [1.165, 1.54) is 25.0 Å². The van der Waals surface area contributed by atoms with Gasteiger partial charge in [-0.15, -0.1) is 13.2 Å². The Bertz CT molecular complexity index is 384. The number of benzene rings is 1. The Morgan fingerprint density at radius 2 is 1.83 bits per heavy atom. The molecule has 1 unspecified atom stereocenters. The van der Waals surface area contributed by atoms with Crippen LogP contribution >= 0.6 is 0 Å². The summed E-state index contributed by atoms with van der Waals surface area (Å²) in [5.74, 6) is 0.468. The van der Waals surface area contributed by atoms with Crippen molar-refractivity contribution >= 4 is 0 Å². The molecule has 0 bridgehead atoms. The zero-order valence-electron chi connectivity index (χ0n) is 9.91. The van der Waals surface area contributed by atoms with Crippen LogP contribution in [0.2, 0.25) is 0 Å². The molecule has 1 aromatic carbocycles. The maximum Gasteiger partial charge on any atom is 0.573 e. The number of hydrogen-bond acceptors (Lipinski definition) is 2. The van der Waals surface area contributed by atoms with Gasteiger partial charge in [-0.05, 0) is 49.3 Å². The minimum Gasteiger partial charge on any atom is -0.406 e. The van der Waals surface area contributed by atoms with Crippen LogP contribution in [0, 0.1) is 5.92 Å². The quantitative estimate of drug-likeness (QED) is 0.881. The van der Waals surface area contributed by atoms with Crippen LogP contribution in [0.4, 0.5) is 13.2 Å². The topological polar surface area (TPSA) is 35.2 Å². The number of alkyl halides is 3. The summed E-state index contributed by atoms with van der Waals surface area (Å²) >= 11 is 0. The summed E-state index contributed by atoms with van der Waals surface area (Å²) in [6, 6.07) is 6.20. The summed E-state index contributed by atoms with van der Waals surface area (Å²) in [6.45, 7) is 0. The van der Waals surface area contributed by atoms with Crippen LogP contribution < -0.4 is 10.5 Å². The van der Waals surface area contributed by atoms with Crippen molar-refractivity contribution in [3.8, 4) is 5.75 Å². The molecule has 2 N–H and O–H groups in total. The van der Waals surface area contributed by atoms with Crippen LogP contribution in [-0.4, -0.2) is 12.4 Å². The maximum absolute atomic E-state index is 12.0. The van der Waals surface area contributed by atoms with Gasteiger partial charge in [-0.2, -0.15) is 0 Å². The number of halogens is 3. The Kier molecular flexibility index (Phi) is 3.80. The van der Waals surface area contributed by atoms with E-state index in [-0.39, 0.29) is 11.8 Å². The lowest BCUT2D eigenvalue weighted by Gasteiger charge is -2.11. The van der Waals surface area contributed by atoms with E-state index in [9.17, 15) is 13.2 Å². The van der Waals surface area contributed by atoms with Crippen molar-refractivity contribution in [1.82, 2.24) is 0 Å². The first kappa shape index (κ1) is 13.2. The lowest BCUT2D eigenvalue weighted by atomic mass is 10.0. The van der Waals surface area contributed by atoms with Crippen LogP contribution in [0.5, 0.6) is 5.75 Å². The fraction of sp³-hybridized carbons (Fsp3) is 0.538. The summed E-state index contributed by atoms with van der Waals surface area (Å²) in [6.07, 6.45) is -0.539. The Balaban J connectivity index is 1.83. The third-order valence-electron chi connectivity index (χ3n) is 3.15. The van der Waals surface area contributed by atoms with Crippen LogP contribution in [-0.2, 0) is 6.42 Å². The Labute approximate surface area is 104 Å². The number of rotatable bonds is 5. The van der Waals surface area contributed by atoms with Gasteiger partial charge < -0.3 is 10.5 Å². The van der Waals surface area contributed by atoms with E-state index in [2.05, 4.69) is 4.74 Å². The maximum atomic E-state index is 12.0. The van der Waals surface area contributed by atoms with E-state index >= 15 is 0 Å². The molecule has 5 heteroatoms. The van der Waals surface area contributed by atoms with Crippen molar-refractivity contribution in [3.05, 3.63) is 29.8 Å². The van der Waals surface area contributed by atoms with Gasteiger partial charge in [0.2, 0.25) is 0 Å². The molecule has 2 rings (SSSR count). The molecule has 18 heavy (non-hydrogen) atoms. The molecule has 1 aliphatic carbocycles. The fourth-order valence-electron chi connectivity index (χ4n) is 1.95. The molecule has 100 valence electrons. The number of nitrogens with two attached hydrogens (primary N) is 1. The molecule has 0 amide bonds. The van der Waals surface area contributed by atoms with Crippen LogP contribution in [0.1, 0.15) is 24.8 Å². The Morgan fingerprint density at radius 3 is 2.33 bits per heavy atom. The Hall–Kier alpha value is -1.23. The summed E-state index contributed by atoms with van der Waals surface area (Å²) < 4.78 is 39.7. The van der Waals surface area contributed by atoms with E-state index in [1.807, 2.05) is 0 Å². The minimum atomic E-state index is -4.63. The van der Waals surface area contributed by atoms with Crippen LogP contribution in [0.25, 0.3) is 0 Å². The average Bonchev–Trinajstić information content (AvgIpc) is 3.09. The molecule has 0 heterocycles. The molecule has 0 spiro atoms. The fourth-order valence-corrected chi connectivity index (χ4v) is 1.95. The molecule has 0 radical (unpaired) electrons. The third-order valence-corrected chi connectivity index (χ3v) is 3.15. The summed E-state index contributed by atoms with van der Waals surface area (Å²) in [7, 11) is 0. The van der Waals surface area contributed by atoms with Crippen LogP contribution in [0.3, 0.4) is 0 Å². The van der Waals surface area contributed by atoms with Gasteiger partial charge in [0.25, 0.3) is 0 Å². The highest BCUT2D eigenvalue weighted by Gasteiger charge is 2.31.